The van der Waals surface area contributed by atoms with E-state index in [0.717, 1.165) is 33.8 Å². The first-order valence-electron chi connectivity index (χ1n) is 23.5. The van der Waals surface area contributed by atoms with Crippen LogP contribution in [0.2, 0.25) is 5.02 Å². The van der Waals surface area contributed by atoms with Crippen molar-refractivity contribution >= 4 is 46.6 Å². The number of nitriles is 1. The quantitative estimate of drug-likeness (QED) is 0.0658. The zero-order valence-electron chi connectivity index (χ0n) is 41.4. The van der Waals surface area contributed by atoms with E-state index in [4.69, 9.17) is 25.8 Å². The number of nitrogens with zero attached hydrogens (tertiary/aromatic N) is 3. The highest BCUT2D eigenvalue weighted by Crippen LogP contribution is 2.55. The van der Waals surface area contributed by atoms with Gasteiger partial charge in [0.2, 0.25) is 17.7 Å². The number of amides is 4. The summed E-state index contributed by atoms with van der Waals surface area (Å²) in [6, 6.07) is 20.2. The topological polar surface area (TPSA) is 192 Å². The molecule has 0 radical (unpaired) electrons. The van der Waals surface area contributed by atoms with E-state index in [1.165, 1.54) is 29.2 Å². The molecule has 1 aromatic heterocycles. The van der Waals surface area contributed by atoms with Crippen molar-refractivity contribution in [3.8, 4) is 39.1 Å². The third-order valence-electron chi connectivity index (χ3n) is 13.3. The molecule has 1 saturated carbocycles. The minimum atomic E-state index is -1.04. The Morgan fingerprint density at radius 3 is 2.18 bits per heavy atom. The van der Waals surface area contributed by atoms with E-state index in [2.05, 4.69) is 20.9 Å². The zero-order chi connectivity index (χ0) is 52.3. The number of nitrogens with one attached hydrogen (secondary N) is 3. The number of aryl methyl sites for hydroxylation is 1. The number of carbonyl (C=O) groups is 4. The number of hydrogen-bond donors (Lipinski definition) is 4. The van der Waals surface area contributed by atoms with E-state index in [1.807, 2.05) is 65.0 Å². The second-order valence-electron chi connectivity index (χ2n) is 20.5. The molecule has 4 aromatic carbocycles. The number of aromatic nitrogens is 1. The summed E-state index contributed by atoms with van der Waals surface area (Å²) in [4.78, 5) is 60.7. The molecule has 4 N–H and O–H groups in total. The fraction of sp³-hybridized carbons (Fsp3) is 0.407. The average molecular weight is 1030 g/mol. The second kappa shape index (κ2) is 21.7. The lowest BCUT2D eigenvalue weighted by Gasteiger charge is -2.63. The lowest BCUT2D eigenvalue weighted by Crippen LogP contribution is -2.74. The summed E-state index contributed by atoms with van der Waals surface area (Å²) in [7, 11) is 0. The number of carbonyl (C=O) groups excluding carboxylic acids is 4. The lowest BCUT2D eigenvalue weighted by molar-refractivity contribution is -0.164. The van der Waals surface area contributed by atoms with Gasteiger partial charge in [-0.3, -0.25) is 19.2 Å². The highest BCUT2D eigenvalue weighted by molar-refractivity contribution is 7.13. The first-order valence-corrected chi connectivity index (χ1v) is 24.8. The highest BCUT2D eigenvalue weighted by atomic mass is 35.5. The van der Waals surface area contributed by atoms with Crippen LogP contribution in [0, 0.1) is 46.1 Å². The maximum Gasteiger partial charge on any atom is 0.251 e. The average Bonchev–Trinajstić information content (AvgIpc) is 3.95. The van der Waals surface area contributed by atoms with Crippen LogP contribution in [0.1, 0.15) is 82.1 Å². The smallest absolute Gasteiger partial charge is 0.251 e. The Morgan fingerprint density at radius 2 is 1.58 bits per heavy atom. The number of aliphatic hydroxyl groups excluding tert-OH is 1. The molecular weight excluding hydrogens is 966 g/mol. The van der Waals surface area contributed by atoms with Gasteiger partial charge < -0.3 is 40.2 Å². The summed E-state index contributed by atoms with van der Waals surface area (Å²) in [6.07, 6.45) is -1.24. The van der Waals surface area contributed by atoms with Gasteiger partial charge in [-0.15, -0.1) is 11.3 Å². The Balaban J connectivity index is 0.866. The Labute approximate surface area is 427 Å². The number of benzene rings is 4. The monoisotopic (exact) mass is 1020 g/mol. The van der Waals surface area contributed by atoms with Crippen molar-refractivity contribution in [2.24, 2.45) is 16.2 Å². The fourth-order valence-electron chi connectivity index (χ4n) is 9.87. The van der Waals surface area contributed by atoms with Crippen LogP contribution < -0.4 is 25.4 Å². The van der Waals surface area contributed by atoms with Crippen LogP contribution in [0.15, 0.2) is 84.4 Å². The van der Waals surface area contributed by atoms with Gasteiger partial charge >= 0.3 is 0 Å². The summed E-state index contributed by atoms with van der Waals surface area (Å²) in [5.41, 5.74) is 2.69. The molecule has 14 nitrogen and oxygen atoms in total. The summed E-state index contributed by atoms with van der Waals surface area (Å²) in [5.74, 6) is -3.15. The Kier molecular flexibility index (Phi) is 16.1. The highest BCUT2D eigenvalue weighted by Gasteiger charge is 2.64. The van der Waals surface area contributed by atoms with Crippen LogP contribution in [0.5, 0.6) is 11.5 Å². The van der Waals surface area contributed by atoms with E-state index in [1.54, 1.807) is 55.8 Å². The van der Waals surface area contributed by atoms with Crippen molar-refractivity contribution < 1.29 is 47.3 Å². The van der Waals surface area contributed by atoms with Crippen molar-refractivity contribution in [2.45, 2.75) is 98.7 Å². The molecule has 1 aliphatic heterocycles. The number of halogens is 3. The first kappa shape index (κ1) is 53.4. The van der Waals surface area contributed by atoms with Crippen LogP contribution in [-0.2, 0) is 25.7 Å². The third-order valence-corrected chi connectivity index (χ3v) is 14.6. The van der Waals surface area contributed by atoms with E-state index in [9.17, 15) is 29.5 Å². The van der Waals surface area contributed by atoms with Crippen LogP contribution in [0.3, 0.4) is 0 Å². The Hall–Kier alpha value is -6.45. The molecule has 0 spiro atoms. The Bertz CT molecular complexity index is 2820. The standard InChI is InChI=1S/C54H59ClF2N6O8S/c1-30-45(72-29-60-30)33-11-9-31(10-12-33)26-59-48(67)42-23-36(64)27-63(42)49(68)46(52(2,3)4)61-43(65)28-69-19-20-70-37-16-13-32(14-17-37)44-40(56)21-35(22-41(44)57)47(66)62-50-53(5,6)51(54(50,7)8)71-38-18-15-34(25-58)39(55)24-38/h9-18,21-22,24,29,36,42,46,50-51,64H,19-20,23,26-28H2,1-8H3,(H,59,67)(H,61,65)(H,62,66)/t36-,42+,46-,50?,51?/m1/s1. The summed E-state index contributed by atoms with van der Waals surface area (Å²) in [5, 5.41) is 28.7. The predicted molar refractivity (Wildman–Crippen MR) is 269 cm³/mol. The fourth-order valence-corrected chi connectivity index (χ4v) is 10.9. The molecule has 72 heavy (non-hydrogen) atoms. The van der Waals surface area contributed by atoms with E-state index >= 15 is 8.78 Å². The molecular formula is C54H59ClF2N6O8S. The van der Waals surface area contributed by atoms with Crippen molar-refractivity contribution in [3.05, 3.63) is 123 Å². The number of ether oxygens (including phenoxy) is 3. The number of likely N-dealkylation sites (tertiary alicyclic amines) is 1. The first-order chi connectivity index (χ1) is 34.0. The molecule has 7 rings (SSSR count). The minimum Gasteiger partial charge on any atom is -0.491 e. The van der Waals surface area contributed by atoms with Crippen molar-refractivity contribution in [2.75, 3.05) is 26.4 Å². The Morgan fingerprint density at radius 1 is 0.944 bits per heavy atom. The number of rotatable bonds is 17. The van der Waals surface area contributed by atoms with Crippen LogP contribution in [-0.4, -0.2) is 95.3 Å². The van der Waals surface area contributed by atoms with Gasteiger partial charge in [0.15, 0.2) is 0 Å². The van der Waals surface area contributed by atoms with Gasteiger partial charge in [0.25, 0.3) is 5.91 Å². The van der Waals surface area contributed by atoms with Gasteiger partial charge in [-0.05, 0) is 65.4 Å². The second-order valence-corrected chi connectivity index (χ2v) is 21.7. The van der Waals surface area contributed by atoms with E-state index in [0.29, 0.717) is 17.1 Å². The predicted octanol–water partition coefficient (Wildman–Crippen LogP) is 8.41. The normalized spacial score (nSPS) is 19.3. The van der Waals surface area contributed by atoms with E-state index < -0.39 is 82.3 Å². The molecule has 4 amide bonds. The molecule has 1 saturated heterocycles. The summed E-state index contributed by atoms with van der Waals surface area (Å²) >= 11 is 7.76. The lowest BCUT2D eigenvalue weighted by atomic mass is 9.49. The minimum absolute atomic E-state index is 0.0147. The van der Waals surface area contributed by atoms with Gasteiger partial charge in [0.05, 0.1) is 44.9 Å². The molecule has 1 aliphatic carbocycles. The number of thiazole rings is 1. The maximum absolute atomic E-state index is 15.6. The molecule has 0 unspecified atom stereocenters. The number of aliphatic hydroxyl groups is 1. The molecule has 2 fully saturated rings. The van der Waals surface area contributed by atoms with Gasteiger partial charge in [-0.25, -0.2) is 13.8 Å². The van der Waals surface area contributed by atoms with Gasteiger partial charge in [-0.2, -0.15) is 5.26 Å². The molecule has 3 atom stereocenters. The van der Waals surface area contributed by atoms with Crippen molar-refractivity contribution in [1.29, 1.82) is 5.26 Å². The molecule has 2 heterocycles. The number of hydrogen-bond acceptors (Lipinski definition) is 11. The molecule has 18 heteroatoms. The molecule has 0 bridgehead atoms. The number of β-amino-alcohol motifs (C(OH)–C–C–N with tert-alkyl or cyclic N) is 1. The summed E-state index contributed by atoms with van der Waals surface area (Å²) < 4.78 is 48.8. The SMILES string of the molecule is Cc1ncsc1-c1ccc(CNC(=O)[C@@H]2C[C@@H](O)CN2C(=O)[C@@H](NC(=O)COCCOc2ccc(-c3c(F)cc(C(=O)NC4C(C)(C)C(Oc5ccc(C#N)c(Cl)c5)C4(C)C)cc3F)cc2)C(C)(C)C)cc1. The largest absolute Gasteiger partial charge is 0.491 e. The maximum atomic E-state index is 15.6. The van der Waals surface area contributed by atoms with Crippen LogP contribution in [0.4, 0.5) is 8.78 Å². The van der Waals surface area contributed by atoms with E-state index in [-0.39, 0.29) is 60.5 Å². The van der Waals surface area contributed by atoms with Crippen LogP contribution >= 0.6 is 22.9 Å². The van der Waals surface area contributed by atoms with Crippen LogP contribution in [0.25, 0.3) is 21.6 Å². The van der Waals surface area contributed by atoms with Crippen molar-refractivity contribution in [3.63, 3.8) is 0 Å². The van der Waals surface area contributed by atoms with Gasteiger partial charge in [0.1, 0.15) is 60.6 Å². The van der Waals surface area contributed by atoms with Gasteiger partial charge in [0, 0.05) is 48.0 Å². The molecule has 380 valence electrons. The zero-order valence-corrected chi connectivity index (χ0v) is 43.0. The van der Waals surface area contributed by atoms with Gasteiger partial charge in [-0.1, -0.05) is 96.5 Å². The third kappa shape index (κ3) is 11.7. The summed E-state index contributed by atoms with van der Waals surface area (Å²) in [6.45, 7) is 14.8. The van der Waals surface area contributed by atoms with Crippen molar-refractivity contribution in [1.82, 2.24) is 25.8 Å². The molecule has 5 aromatic rings. The molecule has 2 aliphatic rings.